The van der Waals surface area contributed by atoms with Crippen LogP contribution in [-0.4, -0.2) is 155 Å². The number of hydrogen-bond acceptors (Lipinski definition) is 15. The van der Waals surface area contributed by atoms with Crippen LogP contribution >= 0.6 is 34.8 Å². The number of rotatable bonds is 12. The second-order valence-electron chi connectivity index (χ2n) is 26.0. The fraction of sp³-hybridized carbons (Fsp3) is 0.397. The summed E-state index contributed by atoms with van der Waals surface area (Å²) in [5.74, 6) is -5.79. The van der Waals surface area contributed by atoms with Crippen LogP contribution in [0.1, 0.15) is 55.2 Å². The summed E-state index contributed by atoms with van der Waals surface area (Å²) in [7, 11) is 4.13. The van der Waals surface area contributed by atoms with Gasteiger partial charge in [-0.15, -0.1) is 0 Å². The van der Waals surface area contributed by atoms with Gasteiger partial charge in [-0.05, 0) is 129 Å². The molecule has 0 saturated carbocycles. The molecule has 0 spiro atoms. The summed E-state index contributed by atoms with van der Waals surface area (Å²) in [6.45, 7) is 0.618. The van der Waals surface area contributed by atoms with Gasteiger partial charge in [-0.25, -0.2) is 13.2 Å². The van der Waals surface area contributed by atoms with E-state index in [-0.39, 0.29) is 94.0 Å². The van der Waals surface area contributed by atoms with Crippen molar-refractivity contribution in [1.82, 2.24) is 14.7 Å². The molecule has 6 aromatic rings. The number of hydrogen-bond donors (Lipinski definition) is 1. The van der Waals surface area contributed by atoms with Crippen molar-refractivity contribution in [2.24, 2.45) is 16.2 Å². The number of nitrogens with zero attached hydrogens (tertiary/aromatic N) is 8. The number of carbonyl (C=O) groups excluding carboxylic acids is 5. The van der Waals surface area contributed by atoms with Gasteiger partial charge in [0.1, 0.15) is 51.9 Å². The van der Waals surface area contributed by atoms with Crippen molar-refractivity contribution >= 4 is 81.4 Å². The number of methoxy groups -OCH3 is 3. The Morgan fingerprint density at radius 2 is 0.752 bits per heavy atom. The summed E-state index contributed by atoms with van der Waals surface area (Å²) < 4.78 is 153. The lowest BCUT2D eigenvalue weighted by Gasteiger charge is -2.41. The maximum Gasteiger partial charge on any atom is 0.471 e. The average molecular weight is 1520 g/mol. The predicted octanol–water partition coefficient (Wildman–Crippen LogP) is 13.1. The lowest BCUT2D eigenvalue weighted by Crippen LogP contribution is -2.56. The molecule has 0 aliphatic carbocycles. The zero-order valence-corrected chi connectivity index (χ0v) is 58.7. The fourth-order valence-electron chi connectivity index (χ4n) is 13.3. The normalized spacial score (nSPS) is 19.0. The van der Waals surface area contributed by atoms with Crippen molar-refractivity contribution in [2.45, 2.75) is 88.5 Å². The molecular weight excluding hydrogens is 1460 g/mol. The topological polar surface area (TPSA) is 240 Å². The lowest BCUT2D eigenvalue weighted by atomic mass is 9.75. The van der Waals surface area contributed by atoms with Crippen LogP contribution in [-0.2, 0) is 43.2 Å². The van der Waals surface area contributed by atoms with Crippen LogP contribution in [0.2, 0.25) is 15.1 Å². The van der Waals surface area contributed by atoms with E-state index in [0.717, 1.165) is 34.5 Å². The molecule has 3 atom stereocenters. The second-order valence-corrected chi connectivity index (χ2v) is 27.2. The number of fused-ring (bicyclic) bond motifs is 3. The molecule has 3 saturated heterocycles. The number of nitriles is 3. The standard InChI is InChI=1S/2C25H22ClF4N3O4.C23H23ClFN3O3/c2*1-36-19-11-20-18(10-17(19)26)33(23(35)25(28,29)30)13-21(37-20)22(34)32-8-6-24(14-31,7-9-32)12-15-2-4-16(27)5-3-15;1-30-19-11-20-18(10-17(19)24)27-13-21(31-20)22(29)28-8-6-23(14-26,7-9-28)12-15-2-4-16(25)5-3-15/h2*2-5,10-11,21H,6-9,12-13H2,1H3;2-5,10-11,21,27H,6-9,12-13H2,1H3. The van der Waals surface area contributed by atoms with Gasteiger partial charge < -0.3 is 48.4 Å². The van der Waals surface area contributed by atoms with E-state index in [1.807, 2.05) is 0 Å². The highest BCUT2D eigenvalue weighted by atomic mass is 35.5. The number of likely N-dealkylation sites (tertiary alicyclic amines) is 3. The Balaban J connectivity index is 0.000000170. The number of carbonyl (C=O) groups is 5. The van der Waals surface area contributed by atoms with Gasteiger partial charge in [0.2, 0.25) is 0 Å². The monoisotopic (exact) mass is 1520 g/mol. The molecule has 3 unspecified atom stereocenters. The number of piperidine rings is 3. The first-order valence-electron chi connectivity index (χ1n) is 32.8. The fourth-order valence-corrected chi connectivity index (χ4v) is 14.0. The Labute approximate surface area is 612 Å². The minimum Gasteiger partial charge on any atom is -0.495 e. The Hall–Kier alpha value is -10.0. The molecule has 5 amide bonds. The molecular formula is C73H67Cl3F9N9O11. The average Bonchev–Trinajstić information content (AvgIpc) is 0.770. The zero-order valence-electron chi connectivity index (χ0n) is 56.5. The molecule has 6 heterocycles. The van der Waals surface area contributed by atoms with E-state index >= 15 is 0 Å². The molecule has 32 heteroatoms. The van der Waals surface area contributed by atoms with Crippen LogP contribution in [0, 0.1) is 67.7 Å². The first-order valence-corrected chi connectivity index (χ1v) is 34.0. The minimum absolute atomic E-state index is 0.0281. The molecule has 6 aromatic carbocycles. The zero-order chi connectivity index (χ0) is 75.9. The van der Waals surface area contributed by atoms with E-state index in [4.69, 9.17) is 63.2 Å². The number of alkyl halides is 6. The van der Waals surface area contributed by atoms with Crippen LogP contribution in [0.5, 0.6) is 34.5 Å². The van der Waals surface area contributed by atoms with Gasteiger partial charge in [0.25, 0.3) is 17.7 Å². The van der Waals surface area contributed by atoms with Gasteiger partial charge in [0.15, 0.2) is 18.3 Å². The highest BCUT2D eigenvalue weighted by molar-refractivity contribution is 6.33. The smallest absolute Gasteiger partial charge is 0.471 e. The molecule has 12 rings (SSSR count). The first kappa shape index (κ1) is 77.6. The van der Waals surface area contributed by atoms with Crippen molar-refractivity contribution in [2.75, 3.05) is 95.3 Å². The summed E-state index contributed by atoms with van der Waals surface area (Å²) >= 11 is 18.3. The Bertz CT molecular complexity index is 4170. The third-order valence-corrected chi connectivity index (χ3v) is 20.1. The van der Waals surface area contributed by atoms with E-state index in [2.05, 4.69) is 23.5 Å². The molecule has 6 aliphatic rings. The van der Waals surface area contributed by atoms with Gasteiger partial charge in [0, 0.05) is 57.5 Å². The van der Waals surface area contributed by atoms with Crippen molar-refractivity contribution in [1.29, 1.82) is 15.8 Å². The molecule has 1 N–H and O–H groups in total. The molecule has 3 fully saturated rings. The second kappa shape index (κ2) is 32.1. The van der Waals surface area contributed by atoms with Crippen LogP contribution in [0.4, 0.5) is 56.6 Å². The summed E-state index contributed by atoms with van der Waals surface area (Å²) in [6.07, 6.45) is -10.2. The molecule has 0 radical (unpaired) electrons. The number of benzene rings is 6. The summed E-state index contributed by atoms with van der Waals surface area (Å²) in [6, 6.07) is 33.1. The van der Waals surface area contributed by atoms with Crippen LogP contribution < -0.4 is 43.5 Å². The van der Waals surface area contributed by atoms with Crippen LogP contribution in [0.15, 0.2) is 109 Å². The highest BCUT2D eigenvalue weighted by Crippen LogP contribution is 2.47. The van der Waals surface area contributed by atoms with Gasteiger partial charge in [-0.1, -0.05) is 71.2 Å². The number of nitrogens with one attached hydrogen (secondary N) is 1. The number of anilines is 3. The van der Waals surface area contributed by atoms with Gasteiger partial charge >= 0.3 is 24.2 Å². The van der Waals surface area contributed by atoms with Gasteiger partial charge in [-0.2, -0.15) is 42.1 Å². The molecule has 0 aromatic heterocycles. The SMILES string of the molecule is COc1cc2c(cc1Cl)N(C(=O)C(F)(F)F)CC(C(=O)N1CCC(C#N)(Cc3ccc(F)cc3)CC1)O2.COc1cc2c(cc1Cl)N(C(=O)C(F)(F)F)CC(C(=O)N1CCC(C#N)(Cc3ccc(F)cc3)CC1)O2.COc1cc2c(cc1Cl)NCC(C(=O)N1CCC(C#N)(Cc3ccc(F)cc3)CC1)O2. The Kier molecular flexibility index (Phi) is 23.8. The predicted molar refractivity (Wildman–Crippen MR) is 364 cm³/mol. The van der Waals surface area contributed by atoms with E-state index in [1.165, 1.54) is 79.7 Å². The first-order chi connectivity index (χ1) is 49.8. The summed E-state index contributed by atoms with van der Waals surface area (Å²) in [5, 5.41) is 33.1. The molecule has 0 bridgehead atoms. The van der Waals surface area contributed by atoms with Crippen LogP contribution in [0.25, 0.3) is 0 Å². The van der Waals surface area contributed by atoms with Crippen molar-refractivity contribution in [3.8, 4) is 52.7 Å². The largest absolute Gasteiger partial charge is 0.495 e. The Morgan fingerprint density at radius 1 is 0.467 bits per heavy atom. The molecule has 554 valence electrons. The van der Waals surface area contributed by atoms with Crippen LogP contribution in [0.3, 0.4) is 0 Å². The molecule has 20 nitrogen and oxygen atoms in total. The van der Waals surface area contributed by atoms with E-state index in [0.29, 0.717) is 104 Å². The van der Waals surface area contributed by atoms with Crippen molar-refractivity contribution in [3.05, 3.63) is 158 Å². The van der Waals surface area contributed by atoms with E-state index in [1.54, 1.807) is 53.4 Å². The van der Waals surface area contributed by atoms with Crippen molar-refractivity contribution < 1.29 is 91.9 Å². The maximum absolute atomic E-state index is 13.3. The minimum atomic E-state index is -5.19. The van der Waals surface area contributed by atoms with E-state index in [9.17, 15) is 79.3 Å². The number of halogens is 12. The third kappa shape index (κ3) is 17.9. The highest BCUT2D eigenvalue weighted by Gasteiger charge is 2.51. The third-order valence-electron chi connectivity index (χ3n) is 19.3. The van der Waals surface area contributed by atoms with Gasteiger partial charge in [-0.3, -0.25) is 33.8 Å². The lowest BCUT2D eigenvalue weighted by molar-refractivity contribution is -0.171. The molecule has 6 aliphatic heterocycles. The Morgan fingerprint density at radius 3 is 1.05 bits per heavy atom. The number of ether oxygens (including phenoxy) is 6. The van der Waals surface area contributed by atoms with E-state index < -0.39 is 83.6 Å². The van der Waals surface area contributed by atoms with Crippen molar-refractivity contribution in [3.63, 3.8) is 0 Å². The number of amides is 5. The maximum atomic E-state index is 13.3. The quantitative estimate of drug-likeness (QED) is 0.112. The summed E-state index contributed by atoms with van der Waals surface area (Å²) in [4.78, 5) is 69.5. The molecule has 105 heavy (non-hydrogen) atoms. The summed E-state index contributed by atoms with van der Waals surface area (Å²) in [5.41, 5.74) is 0.637. The van der Waals surface area contributed by atoms with Gasteiger partial charge in [0.05, 0.1) is 108 Å².